The van der Waals surface area contributed by atoms with Gasteiger partial charge in [-0.1, -0.05) is 19.3 Å². The Hall–Kier alpha value is -0.410. The fraction of sp³-hybridized carbons (Fsp3) is 0.667. The molecule has 2 rings (SSSR count). The molecule has 15 heavy (non-hydrogen) atoms. The van der Waals surface area contributed by atoms with Crippen LogP contribution >= 0.6 is 11.8 Å². The summed E-state index contributed by atoms with van der Waals surface area (Å²) in [5.74, 6) is 1.89. The first-order valence-electron chi connectivity index (χ1n) is 5.68. The molecule has 0 bridgehead atoms. The maximum Gasteiger partial charge on any atom is 0.113 e. The van der Waals surface area contributed by atoms with Gasteiger partial charge in [0.05, 0.1) is 18.1 Å². The molecular formula is C12H18O2S. The fourth-order valence-corrected chi connectivity index (χ4v) is 3.27. The van der Waals surface area contributed by atoms with Crippen LogP contribution in [0, 0.1) is 0 Å². The lowest BCUT2D eigenvalue weighted by Gasteiger charge is -2.18. The van der Waals surface area contributed by atoms with Crippen molar-refractivity contribution in [2.24, 2.45) is 0 Å². The molecule has 1 aliphatic carbocycles. The maximum atomic E-state index is 9.93. The van der Waals surface area contributed by atoms with E-state index in [9.17, 15) is 5.11 Å². The Morgan fingerprint density at radius 1 is 1.33 bits per heavy atom. The SMILES string of the molecule is OC1CCCCCC1SCc1ccco1. The molecule has 1 saturated carbocycles. The molecule has 0 saturated heterocycles. The van der Waals surface area contributed by atoms with Gasteiger partial charge in [-0.2, -0.15) is 0 Å². The lowest BCUT2D eigenvalue weighted by atomic mass is 10.1. The highest BCUT2D eigenvalue weighted by Crippen LogP contribution is 2.30. The van der Waals surface area contributed by atoms with Gasteiger partial charge >= 0.3 is 0 Å². The third kappa shape index (κ3) is 3.28. The Balaban J connectivity index is 1.81. The minimum atomic E-state index is -0.118. The summed E-state index contributed by atoms with van der Waals surface area (Å²) in [6, 6.07) is 3.91. The summed E-state index contributed by atoms with van der Waals surface area (Å²) in [6.07, 6.45) is 7.41. The Labute approximate surface area is 95.1 Å². The smallest absolute Gasteiger partial charge is 0.113 e. The largest absolute Gasteiger partial charge is 0.468 e. The molecule has 0 aromatic carbocycles. The zero-order chi connectivity index (χ0) is 10.5. The van der Waals surface area contributed by atoms with Crippen LogP contribution in [-0.2, 0) is 5.75 Å². The lowest BCUT2D eigenvalue weighted by Crippen LogP contribution is -2.21. The van der Waals surface area contributed by atoms with Crippen molar-refractivity contribution < 1.29 is 9.52 Å². The van der Waals surface area contributed by atoms with Gasteiger partial charge < -0.3 is 9.52 Å². The molecule has 0 amide bonds. The van der Waals surface area contributed by atoms with Gasteiger partial charge in [0.1, 0.15) is 5.76 Å². The Kier molecular flexibility index (Phi) is 4.15. The molecule has 1 fully saturated rings. The first kappa shape index (κ1) is 11.1. The summed E-state index contributed by atoms with van der Waals surface area (Å²) in [6.45, 7) is 0. The van der Waals surface area contributed by atoms with E-state index in [1.54, 1.807) is 6.26 Å². The molecule has 0 spiro atoms. The second-order valence-corrected chi connectivity index (χ2v) is 5.36. The van der Waals surface area contributed by atoms with Crippen molar-refractivity contribution in [2.45, 2.75) is 49.2 Å². The third-order valence-corrected chi connectivity index (χ3v) is 4.37. The van der Waals surface area contributed by atoms with Crippen molar-refractivity contribution in [2.75, 3.05) is 0 Å². The normalized spacial score (nSPS) is 27.5. The van der Waals surface area contributed by atoms with Crippen LogP contribution in [0.2, 0.25) is 0 Å². The minimum Gasteiger partial charge on any atom is -0.468 e. The zero-order valence-electron chi connectivity index (χ0n) is 8.89. The van der Waals surface area contributed by atoms with E-state index in [0.717, 1.165) is 24.4 Å². The minimum absolute atomic E-state index is 0.118. The van der Waals surface area contributed by atoms with Crippen molar-refractivity contribution in [1.82, 2.24) is 0 Å². The average Bonchev–Trinajstić information content (AvgIpc) is 2.67. The molecule has 2 atom stereocenters. The van der Waals surface area contributed by atoms with Crippen LogP contribution in [0.4, 0.5) is 0 Å². The standard InChI is InChI=1S/C12H18O2S/c13-11-6-2-1-3-7-12(11)15-9-10-5-4-8-14-10/h4-5,8,11-13H,1-3,6-7,9H2. The number of furan rings is 1. The van der Waals surface area contributed by atoms with Gasteiger partial charge in [0.2, 0.25) is 0 Å². The topological polar surface area (TPSA) is 33.4 Å². The summed E-state index contributed by atoms with van der Waals surface area (Å²) in [5.41, 5.74) is 0. The van der Waals surface area contributed by atoms with E-state index in [4.69, 9.17) is 4.42 Å². The van der Waals surface area contributed by atoms with E-state index in [1.807, 2.05) is 23.9 Å². The summed E-state index contributed by atoms with van der Waals surface area (Å²) in [7, 11) is 0. The molecule has 2 unspecified atom stereocenters. The monoisotopic (exact) mass is 226 g/mol. The molecule has 0 radical (unpaired) electrons. The first-order valence-corrected chi connectivity index (χ1v) is 6.73. The average molecular weight is 226 g/mol. The fourth-order valence-electron chi connectivity index (χ4n) is 2.03. The van der Waals surface area contributed by atoms with E-state index in [1.165, 1.54) is 19.3 Å². The molecular weight excluding hydrogens is 208 g/mol. The molecule has 1 aromatic heterocycles. The van der Waals surface area contributed by atoms with Gasteiger partial charge in [-0.3, -0.25) is 0 Å². The summed E-state index contributed by atoms with van der Waals surface area (Å²) in [5, 5.41) is 10.3. The van der Waals surface area contributed by atoms with Crippen molar-refractivity contribution in [3.05, 3.63) is 24.2 Å². The van der Waals surface area contributed by atoms with Crippen LogP contribution in [-0.4, -0.2) is 16.5 Å². The summed E-state index contributed by atoms with van der Waals surface area (Å²) < 4.78 is 5.29. The third-order valence-electron chi connectivity index (χ3n) is 2.94. The molecule has 1 aliphatic rings. The van der Waals surface area contributed by atoms with E-state index in [-0.39, 0.29) is 6.10 Å². The summed E-state index contributed by atoms with van der Waals surface area (Å²) >= 11 is 1.83. The van der Waals surface area contributed by atoms with Crippen molar-refractivity contribution in [1.29, 1.82) is 0 Å². The first-order chi connectivity index (χ1) is 7.36. The number of hydrogen-bond donors (Lipinski definition) is 1. The molecule has 1 aromatic rings. The van der Waals surface area contributed by atoms with E-state index < -0.39 is 0 Å². The Bertz CT molecular complexity index is 271. The molecule has 3 heteroatoms. The number of aliphatic hydroxyl groups is 1. The second-order valence-electron chi connectivity index (χ2n) is 4.13. The van der Waals surface area contributed by atoms with Gasteiger partial charge in [0.15, 0.2) is 0 Å². The zero-order valence-corrected chi connectivity index (χ0v) is 9.71. The van der Waals surface area contributed by atoms with E-state index in [0.29, 0.717) is 5.25 Å². The quantitative estimate of drug-likeness (QED) is 0.803. The van der Waals surface area contributed by atoms with Crippen LogP contribution < -0.4 is 0 Å². The molecule has 84 valence electrons. The van der Waals surface area contributed by atoms with Crippen LogP contribution in [0.25, 0.3) is 0 Å². The van der Waals surface area contributed by atoms with Gasteiger partial charge in [0, 0.05) is 5.25 Å². The molecule has 0 aliphatic heterocycles. The van der Waals surface area contributed by atoms with Gasteiger partial charge in [0.25, 0.3) is 0 Å². The predicted molar refractivity (Wildman–Crippen MR) is 62.9 cm³/mol. The number of aliphatic hydroxyl groups excluding tert-OH is 1. The second kappa shape index (κ2) is 5.61. The van der Waals surface area contributed by atoms with Crippen LogP contribution in [0.3, 0.4) is 0 Å². The predicted octanol–water partition coefficient (Wildman–Crippen LogP) is 3.21. The van der Waals surface area contributed by atoms with Crippen LogP contribution in [0.15, 0.2) is 22.8 Å². The molecule has 2 nitrogen and oxygen atoms in total. The summed E-state index contributed by atoms with van der Waals surface area (Å²) in [4.78, 5) is 0. The number of hydrogen-bond acceptors (Lipinski definition) is 3. The number of rotatable bonds is 3. The highest BCUT2D eigenvalue weighted by atomic mass is 32.2. The van der Waals surface area contributed by atoms with Crippen molar-refractivity contribution in [3.63, 3.8) is 0 Å². The van der Waals surface area contributed by atoms with Gasteiger partial charge in [-0.15, -0.1) is 11.8 Å². The Morgan fingerprint density at radius 3 is 3.00 bits per heavy atom. The van der Waals surface area contributed by atoms with Gasteiger partial charge in [-0.05, 0) is 25.0 Å². The maximum absolute atomic E-state index is 9.93. The molecule has 1 N–H and O–H groups in total. The lowest BCUT2D eigenvalue weighted by molar-refractivity contribution is 0.163. The van der Waals surface area contributed by atoms with Crippen LogP contribution in [0.1, 0.15) is 37.9 Å². The van der Waals surface area contributed by atoms with E-state index >= 15 is 0 Å². The Morgan fingerprint density at radius 2 is 2.20 bits per heavy atom. The van der Waals surface area contributed by atoms with Crippen LogP contribution in [0.5, 0.6) is 0 Å². The number of thioether (sulfide) groups is 1. The molecule has 1 heterocycles. The van der Waals surface area contributed by atoms with E-state index in [2.05, 4.69) is 0 Å². The van der Waals surface area contributed by atoms with Gasteiger partial charge in [-0.25, -0.2) is 0 Å². The van der Waals surface area contributed by atoms with Crippen molar-refractivity contribution in [3.8, 4) is 0 Å². The van der Waals surface area contributed by atoms with Crippen molar-refractivity contribution >= 4 is 11.8 Å². The highest BCUT2D eigenvalue weighted by molar-refractivity contribution is 7.99. The highest BCUT2D eigenvalue weighted by Gasteiger charge is 2.21.